The molecule has 0 unspecified atom stereocenters. The van der Waals surface area contributed by atoms with Gasteiger partial charge in [0.25, 0.3) is 0 Å². The Kier molecular flexibility index (Phi) is 3.83. The summed E-state index contributed by atoms with van der Waals surface area (Å²) in [6, 6.07) is 1.95. The first-order valence-electron chi connectivity index (χ1n) is 9.45. The highest BCUT2D eigenvalue weighted by atomic mass is 19.4. The summed E-state index contributed by atoms with van der Waals surface area (Å²) in [5, 5.41) is 19.1. The lowest BCUT2D eigenvalue weighted by molar-refractivity contribution is -0.302. The Hall–Kier alpha value is -2.38. The largest absolute Gasteiger partial charge is 0.419 e. The first-order chi connectivity index (χ1) is 13.3. The maximum absolute atomic E-state index is 12.8. The average molecular weight is 393 g/mol. The van der Waals surface area contributed by atoms with Gasteiger partial charge in [-0.05, 0) is 37.7 Å². The zero-order valence-corrected chi connectivity index (χ0v) is 15.1. The lowest BCUT2D eigenvalue weighted by Gasteiger charge is -2.48. The molecule has 28 heavy (non-hydrogen) atoms. The van der Waals surface area contributed by atoms with Gasteiger partial charge in [-0.25, -0.2) is 0 Å². The number of rotatable bonds is 3. The molecule has 148 valence electrons. The van der Waals surface area contributed by atoms with Gasteiger partial charge in [-0.2, -0.15) is 18.2 Å². The standard InChI is InChI=1S/C18H20F3N6O/c19-18(20,21)17(28)8-26(9-17)7-11-1-3-12(4-2-11)14-15-13-5-6-22-16(13)23-10-27(15)25-24-14/h5-6,11-12,22,28H,1-4,7-9H2/q+1. The van der Waals surface area contributed by atoms with Crippen LogP contribution in [-0.4, -0.2) is 61.2 Å². The van der Waals surface area contributed by atoms with E-state index in [9.17, 15) is 18.3 Å². The fourth-order valence-electron chi connectivity index (χ4n) is 4.62. The van der Waals surface area contributed by atoms with Crippen molar-refractivity contribution >= 4 is 16.6 Å². The number of aromatic amines is 1. The number of likely N-dealkylation sites (tertiary alicyclic amines) is 1. The topological polar surface area (TPSA) is 83.5 Å². The third-order valence-electron chi connectivity index (χ3n) is 6.18. The Morgan fingerprint density at radius 3 is 2.75 bits per heavy atom. The van der Waals surface area contributed by atoms with Crippen LogP contribution in [0.1, 0.15) is 37.3 Å². The van der Waals surface area contributed by atoms with Crippen LogP contribution in [0.4, 0.5) is 13.2 Å². The Bertz CT molecular complexity index is 998. The van der Waals surface area contributed by atoms with Crippen LogP contribution in [0.15, 0.2) is 12.3 Å². The molecule has 0 atom stereocenters. The highest BCUT2D eigenvalue weighted by Gasteiger charge is 2.60. The smallest absolute Gasteiger partial charge is 0.378 e. The van der Waals surface area contributed by atoms with Crippen LogP contribution in [0, 0.1) is 12.2 Å². The van der Waals surface area contributed by atoms with Crippen molar-refractivity contribution < 1.29 is 23.3 Å². The maximum Gasteiger partial charge on any atom is 0.419 e. The minimum absolute atomic E-state index is 0.270. The molecule has 0 amide bonds. The molecule has 3 aromatic rings. The summed E-state index contributed by atoms with van der Waals surface area (Å²) in [6.07, 6.45) is 3.82. The molecule has 0 radical (unpaired) electrons. The van der Waals surface area contributed by atoms with Crippen molar-refractivity contribution in [2.45, 2.75) is 43.4 Å². The van der Waals surface area contributed by atoms with Gasteiger partial charge in [-0.1, -0.05) is 4.52 Å². The summed E-state index contributed by atoms with van der Waals surface area (Å²) in [7, 11) is 0. The Morgan fingerprint density at radius 1 is 1.29 bits per heavy atom. The van der Waals surface area contributed by atoms with E-state index < -0.39 is 11.8 Å². The molecule has 3 aromatic heterocycles. The number of hydrogen-bond acceptors (Lipinski definition) is 4. The van der Waals surface area contributed by atoms with Gasteiger partial charge in [0.05, 0.1) is 6.20 Å². The van der Waals surface area contributed by atoms with E-state index >= 15 is 0 Å². The molecule has 1 saturated carbocycles. The number of aromatic nitrogens is 5. The fourth-order valence-corrected chi connectivity index (χ4v) is 4.62. The zero-order chi connectivity index (χ0) is 19.5. The molecule has 5 rings (SSSR count). The normalized spacial score (nSPS) is 25.7. The van der Waals surface area contributed by atoms with Crippen molar-refractivity contribution in [3.05, 3.63) is 24.3 Å². The number of H-pyrrole nitrogens is 1. The number of β-amino-alcohol motifs (C(OH)–C–C–N with tert-alkyl or cyclic N) is 1. The zero-order valence-electron chi connectivity index (χ0n) is 15.1. The third-order valence-corrected chi connectivity index (χ3v) is 6.18. The van der Waals surface area contributed by atoms with Crippen molar-refractivity contribution in [3.8, 4) is 0 Å². The van der Waals surface area contributed by atoms with Crippen LogP contribution in [0.5, 0.6) is 0 Å². The van der Waals surface area contributed by atoms with Crippen molar-refractivity contribution in [3.63, 3.8) is 0 Å². The molecule has 10 heteroatoms. The second kappa shape index (κ2) is 6.06. The summed E-state index contributed by atoms with van der Waals surface area (Å²) < 4.78 is 39.9. The molecule has 7 nitrogen and oxygen atoms in total. The molecule has 2 fully saturated rings. The number of nitrogens with one attached hydrogen (secondary N) is 1. The predicted octanol–water partition coefficient (Wildman–Crippen LogP) is 1.49. The number of nitrogens with zero attached hydrogens (tertiary/aromatic N) is 5. The van der Waals surface area contributed by atoms with Gasteiger partial charge in [-0.15, -0.1) is 5.10 Å². The van der Waals surface area contributed by atoms with E-state index in [1.165, 1.54) is 0 Å². The van der Waals surface area contributed by atoms with E-state index in [4.69, 9.17) is 0 Å². The molecule has 0 bridgehead atoms. The van der Waals surface area contributed by atoms with Gasteiger partial charge in [-0.3, -0.25) is 9.88 Å². The molecule has 2 N–H and O–H groups in total. The monoisotopic (exact) mass is 393 g/mol. The number of alkyl halides is 3. The van der Waals surface area contributed by atoms with Crippen LogP contribution in [0.2, 0.25) is 0 Å². The summed E-state index contributed by atoms with van der Waals surface area (Å²) in [6.45, 7) is -0.0340. The number of fused-ring (bicyclic) bond motifs is 3. The van der Waals surface area contributed by atoms with Crippen LogP contribution >= 0.6 is 0 Å². The maximum atomic E-state index is 12.8. The number of hydrogen-bond donors (Lipinski definition) is 2. The summed E-state index contributed by atoms with van der Waals surface area (Å²) >= 11 is 0. The minimum atomic E-state index is -4.55. The van der Waals surface area contributed by atoms with Crippen molar-refractivity contribution in [1.82, 2.24) is 24.7 Å². The van der Waals surface area contributed by atoms with Gasteiger partial charge < -0.3 is 5.11 Å². The molecule has 4 heterocycles. The van der Waals surface area contributed by atoms with Gasteiger partial charge in [0, 0.05) is 30.8 Å². The van der Waals surface area contributed by atoms with E-state index in [0.29, 0.717) is 12.5 Å². The van der Waals surface area contributed by atoms with Crippen LogP contribution in [-0.2, 0) is 0 Å². The van der Waals surface area contributed by atoms with E-state index in [1.807, 2.05) is 12.3 Å². The second-order valence-corrected chi connectivity index (χ2v) is 8.10. The van der Waals surface area contributed by atoms with Crippen molar-refractivity contribution in [1.29, 1.82) is 0 Å². The summed E-state index contributed by atoms with van der Waals surface area (Å²) in [4.78, 5) is 8.97. The van der Waals surface area contributed by atoms with Crippen molar-refractivity contribution in [2.24, 2.45) is 5.92 Å². The van der Waals surface area contributed by atoms with E-state index in [-0.39, 0.29) is 19.0 Å². The van der Waals surface area contributed by atoms with E-state index in [2.05, 4.69) is 26.6 Å². The van der Waals surface area contributed by atoms with Crippen LogP contribution < -0.4 is 4.98 Å². The summed E-state index contributed by atoms with van der Waals surface area (Å²) in [5.74, 6) is 0.613. The molecule has 0 spiro atoms. The molecular weight excluding hydrogens is 373 g/mol. The molecule has 1 saturated heterocycles. The lowest BCUT2D eigenvalue weighted by Crippen LogP contribution is -2.69. The third kappa shape index (κ3) is 2.72. The Labute approximate surface area is 158 Å². The molecule has 2 aliphatic rings. The molecule has 1 aliphatic heterocycles. The predicted molar refractivity (Wildman–Crippen MR) is 91.4 cm³/mol. The Balaban J connectivity index is 1.24. The van der Waals surface area contributed by atoms with Crippen LogP contribution in [0.3, 0.4) is 0 Å². The highest BCUT2D eigenvalue weighted by molar-refractivity contribution is 5.90. The Morgan fingerprint density at radius 2 is 2.04 bits per heavy atom. The number of halogens is 3. The molecule has 0 aromatic carbocycles. The second-order valence-electron chi connectivity index (χ2n) is 8.10. The quantitative estimate of drug-likeness (QED) is 0.705. The first kappa shape index (κ1) is 17.7. The van der Waals surface area contributed by atoms with Gasteiger partial charge in [0.2, 0.25) is 0 Å². The summed E-state index contributed by atoms with van der Waals surface area (Å²) in [5.41, 5.74) is 0.0852. The first-order valence-corrected chi connectivity index (χ1v) is 9.45. The average Bonchev–Trinajstić information content (AvgIpc) is 3.26. The molecular formula is C18H20F3N6O+. The van der Waals surface area contributed by atoms with Gasteiger partial charge in [0.1, 0.15) is 11.1 Å². The SMILES string of the molecule is OC1(C(F)(F)F)CN(CC2CCC(c3nnn4c#[n+]c5[nH]ccc5c34)CC2)C1. The van der Waals surface area contributed by atoms with E-state index in [1.54, 1.807) is 9.42 Å². The van der Waals surface area contributed by atoms with Crippen LogP contribution in [0.25, 0.3) is 16.6 Å². The fraction of sp³-hybridized carbons (Fsp3) is 0.611. The number of aliphatic hydroxyl groups is 1. The minimum Gasteiger partial charge on any atom is -0.378 e. The highest BCUT2D eigenvalue weighted by Crippen LogP contribution is 2.41. The van der Waals surface area contributed by atoms with Crippen molar-refractivity contribution in [2.75, 3.05) is 19.6 Å². The van der Waals surface area contributed by atoms with Gasteiger partial charge in [0.15, 0.2) is 11.1 Å². The molecule has 1 aliphatic carbocycles. The van der Waals surface area contributed by atoms with E-state index in [0.717, 1.165) is 47.9 Å². The van der Waals surface area contributed by atoms with Gasteiger partial charge >= 0.3 is 18.2 Å². The lowest BCUT2D eigenvalue weighted by atomic mass is 9.79.